The van der Waals surface area contributed by atoms with Gasteiger partial charge in [0.1, 0.15) is 0 Å². The van der Waals surface area contributed by atoms with E-state index in [0.717, 1.165) is 24.8 Å². The Morgan fingerprint density at radius 1 is 1.31 bits per heavy atom. The van der Waals surface area contributed by atoms with E-state index < -0.39 is 0 Å². The van der Waals surface area contributed by atoms with Crippen molar-refractivity contribution in [3.63, 3.8) is 0 Å². The molecule has 3 aliphatic rings. The van der Waals surface area contributed by atoms with Gasteiger partial charge in [0.2, 0.25) is 0 Å². The van der Waals surface area contributed by atoms with Crippen LogP contribution in [-0.4, -0.2) is 5.78 Å². The van der Waals surface area contributed by atoms with Crippen molar-refractivity contribution in [3.8, 4) is 0 Å². The molecule has 0 spiro atoms. The van der Waals surface area contributed by atoms with Gasteiger partial charge in [0.15, 0.2) is 5.78 Å². The van der Waals surface area contributed by atoms with Crippen LogP contribution in [0.5, 0.6) is 0 Å². The molecule has 0 aromatic heterocycles. The molecule has 1 heteroatoms. The van der Waals surface area contributed by atoms with Crippen molar-refractivity contribution in [1.82, 2.24) is 0 Å². The average molecular weight is 214 g/mol. The number of hydrogen-bond donors (Lipinski definition) is 0. The van der Waals surface area contributed by atoms with Crippen LogP contribution in [-0.2, 0) is 0 Å². The lowest BCUT2D eigenvalue weighted by atomic mass is 9.33. The summed E-state index contributed by atoms with van der Waals surface area (Å²) in [4.78, 5) is 12.4. The zero-order valence-corrected chi connectivity index (χ0v) is 10.0. The van der Waals surface area contributed by atoms with E-state index >= 15 is 0 Å². The molecule has 4 rings (SSSR count). The first kappa shape index (κ1) is 10.1. The molecular weight excluding hydrogens is 196 g/mol. The minimum atomic E-state index is 0.0454. The van der Waals surface area contributed by atoms with Gasteiger partial charge in [-0.3, -0.25) is 4.79 Å². The van der Waals surface area contributed by atoms with Crippen LogP contribution in [0.4, 0.5) is 0 Å². The van der Waals surface area contributed by atoms with Crippen molar-refractivity contribution in [1.29, 1.82) is 0 Å². The largest absolute Gasteiger partial charge is 0.294 e. The number of ketones is 1. The van der Waals surface area contributed by atoms with Gasteiger partial charge >= 0.3 is 0 Å². The minimum absolute atomic E-state index is 0.0454. The molecule has 0 radical (unpaired) electrons. The van der Waals surface area contributed by atoms with Crippen LogP contribution in [0.1, 0.15) is 48.5 Å². The molecule has 0 unspecified atom stereocenters. The van der Waals surface area contributed by atoms with Gasteiger partial charge in [0, 0.05) is 11.0 Å². The smallest absolute Gasteiger partial charge is 0.169 e. The maximum atomic E-state index is 12.4. The summed E-state index contributed by atoms with van der Waals surface area (Å²) in [6, 6.07) is 8.03. The van der Waals surface area contributed by atoms with Crippen LogP contribution in [0.15, 0.2) is 24.3 Å². The van der Waals surface area contributed by atoms with Crippen molar-refractivity contribution < 1.29 is 4.79 Å². The van der Waals surface area contributed by atoms with E-state index in [1.165, 1.54) is 12.0 Å². The van der Waals surface area contributed by atoms with Crippen LogP contribution in [0, 0.1) is 17.8 Å². The second kappa shape index (κ2) is 2.97. The van der Waals surface area contributed by atoms with Gasteiger partial charge in [-0.2, -0.15) is 0 Å². The van der Waals surface area contributed by atoms with E-state index in [4.69, 9.17) is 0 Å². The third kappa shape index (κ3) is 1.15. The quantitative estimate of drug-likeness (QED) is 0.700. The zero-order valence-electron chi connectivity index (χ0n) is 10.0. The summed E-state index contributed by atoms with van der Waals surface area (Å²) < 4.78 is 0. The normalized spacial score (nSPS) is 35.1. The molecule has 3 aliphatic carbocycles. The van der Waals surface area contributed by atoms with E-state index in [1.54, 1.807) is 0 Å². The number of Topliss-reactive ketones (excluding diaryl/α,β-unsaturated/α-hetero) is 1. The summed E-state index contributed by atoms with van der Waals surface area (Å²) >= 11 is 0. The Hall–Kier alpha value is -1.11. The molecule has 3 fully saturated rings. The number of rotatable bonds is 3. The SMILES string of the molecule is CCC12CC(C(=O)c3cccc(C)c3)(C1)C2. The fourth-order valence-electron chi connectivity index (χ4n) is 3.71. The van der Waals surface area contributed by atoms with E-state index in [0.29, 0.717) is 11.2 Å². The monoisotopic (exact) mass is 214 g/mol. The van der Waals surface area contributed by atoms with Crippen LogP contribution in [0.25, 0.3) is 0 Å². The van der Waals surface area contributed by atoms with E-state index in [-0.39, 0.29) is 5.41 Å². The standard InChI is InChI=1S/C15H18O/c1-3-14-8-15(9-14,10-14)13(16)12-6-4-5-11(2)7-12/h4-7H,3,8-10H2,1-2H3. The number of carbonyl (C=O) groups is 1. The number of carbonyl (C=O) groups excluding carboxylic acids is 1. The Kier molecular flexibility index (Phi) is 1.87. The topological polar surface area (TPSA) is 17.1 Å². The van der Waals surface area contributed by atoms with Crippen molar-refractivity contribution in [2.75, 3.05) is 0 Å². The summed E-state index contributed by atoms with van der Waals surface area (Å²) in [6.45, 7) is 4.30. The van der Waals surface area contributed by atoms with E-state index in [2.05, 4.69) is 6.92 Å². The van der Waals surface area contributed by atoms with Gasteiger partial charge in [0.25, 0.3) is 0 Å². The van der Waals surface area contributed by atoms with Crippen molar-refractivity contribution in [2.24, 2.45) is 10.8 Å². The predicted octanol–water partition coefficient (Wildman–Crippen LogP) is 3.76. The second-order valence-corrected chi connectivity index (χ2v) is 5.86. The Morgan fingerprint density at radius 2 is 2.00 bits per heavy atom. The number of aryl methyl sites for hydroxylation is 1. The first-order valence-electron chi connectivity index (χ1n) is 6.21. The lowest BCUT2D eigenvalue weighted by molar-refractivity contribution is -0.169. The number of benzene rings is 1. The van der Waals surface area contributed by atoms with Gasteiger partial charge in [-0.05, 0) is 37.7 Å². The Balaban J connectivity index is 1.81. The van der Waals surface area contributed by atoms with Crippen LogP contribution < -0.4 is 0 Å². The fourth-order valence-corrected chi connectivity index (χ4v) is 3.71. The lowest BCUT2D eigenvalue weighted by Gasteiger charge is -2.70. The highest BCUT2D eigenvalue weighted by atomic mass is 16.1. The second-order valence-electron chi connectivity index (χ2n) is 5.86. The third-order valence-corrected chi connectivity index (χ3v) is 4.65. The molecule has 0 amide bonds. The van der Waals surface area contributed by atoms with Crippen molar-refractivity contribution in [3.05, 3.63) is 35.4 Å². The predicted molar refractivity (Wildman–Crippen MR) is 64.5 cm³/mol. The average Bonchev–Trinajstić information content (AvgIpc) is 2.14. The third-order valence-electron chi connectivity index (χ3n) is 4.65. The first-order chi connectivity index (χ1) is 7.59. The van der Waals surface area contributed by atoms with Gasteiger partial charge < -0.3 is 0 Å². The highest BCUT2D eigenvalue weighted by molar-refractivity contribution is 6.02. The molecule has 16 heavy (non-hydrogen) atoms. The molecule has 0 aliphatic heterocycles. The molecule has 3 saturated carbocycles. The molecule has 0 heterocycles. The van der Waals surface area contributed by atoms with Crippen molar-refractivity contribution >= 4 is 5.78 Å². The number of hydrogen-bond acceptors (Lipinski definition) is 1. The lowest BCUT2D eigenvalue weighted by Crippen LogP contribution is -2.64. The molecule has 0 saturated heterocycles. The van der Waals surface area contributed by atoms with Crippen LogP contribution in [0.3, 0.4) is 0 Å². The van der Waals surface area contributed by atoms with Crippen LogP contribution in [0.2, 0.25) is 0 Å². The first-order valence-corrected chi connectivity index (χ1v) is 6.21. The van der Waals surface area contributed by atoms with Gasteiger partial charge in [-0.25, -0.2) is 0 Å². The molecule has 0 N–H and O–H groups in total. The summed E-state index contributed by atoms with van der Waals surface area (Å²) in [5, 5.41) is 0. The van der Waals surface area contributed by atoms with Gasteiger partial charge in [-0.15, -0.1) is 0 Å². The highest BCUT2D eigenvalue weighted by Gasteiger charge is 2.69. The highest BCUT2D eigenvalue weighted by Crippen LogP contribution is 2.75. The Bertz CT molecular complexity index is 438. The summed E-state index contributed by atoms with van der Waals surface area (Å²) in [5.74, 6) is 0.395. The molecule has 1 aromatic rings. The van der Waals surface area contributed by atoms with Gasteiger partial charge in [0.05, 0.1) is 0 Å². The zero-order chi connectivity index (χ0) is 11.4. The summed E-state index contributed by atoms with van der Waals surface area (Å²) in [7, 11) is 0. The van der Waals surface area contributed by atoms with Crippen molar-refractivity contribution in [2.45, 2.75) is 39.5 Å². The Morgan fingerprint density at radius 3 is 2.56 bits per heavy atom. The molecule has 1 aromatic carbocycles. The summed E-state index contributed by atoms with van der Waals surface area (Å²) in [5.41, 5.74) is 2.70. The Labute approximate surface area is 96.9 Å². The molecule has 1 nitrogen and oxygen atoms in total. The maximum Gasteiger partial charge on any atom is 0.169 e. The molecule has 0 atom stereocenters. The maximum absolute atomic E-state index is 12.4. The molecule has 84 valence electrons. The fraction of sp³-hybridized carbons (Fsp3) is 0.533. The van der Waals surface area contributed by atoms with Gasteiger partial charge in [-0.1, -0.05) is 37.1 Å². The molecular formula is C15H18O. The minimum Gasteiger partial charge on any atom is -0.294 e. The van der Waals surface area contributed by atoms with E-state index in [9.17, 15) is 4.79 Å². The van der Waals surface area contributed by atoms with E-state index in [1.807, 2.05) is 31.2 Å². The van der Waals surface area contributed by atoms with Crippen LogP contribution >= 0.6 is 0 Å². The summed E-state index contributed by atoms with van der Waals surface area (Å²) in [6.07, 6.45) is 4.67. The molecule has 2 bridgehead atoms.